The highest BCUT2D eigenvalue weighted by Gasteiger charge is 2.19. The summed E-state index contributed by atoms with van der Waals surface area (Å²) in [7, 11) is 0.0942. The summed E-state index contributed by atoms with van der Waals surface area (Å²) in [4.78, 5) is 8.88. The molecule has 0 atom stereocenters. The molecule has 0 saturated carbocycles. The number of halogens is 1. The van der Waals surface area contributed by atoms with E-state index >= 15 is 0 Å². The van der Waals surface area contributed by atoms with E-state index in [0.717, 1.165) is 27.9 Å². The van der Waals surface area contributed by atoms with Crippen molar-refractivity contribution in [2.75, 3.05) is 12.8 Å². The minimum absolute atomic E-state index is 0.0172. The number of hydrogen-bond acceptors (Lipinski definition) is 6. The molecule has 3 heterocycles. The molecule has 1 aromatic carbocycles. The van der Waals surface area contributed by atoms with Crippen LogP contribution in [0.4, 0.5) is 0 Å². The molecule has 0 radical (unpaired) electrons. The van der Waals surface area contributed by atoms with Crippen LogP contribution >= 0.6 is 11.6 Å². The quantitative estimate of drug-likeness (QED) is 0.358. The average Bonchev–Trinajstić information content (AvgIpc) is 3.23. The van der Waals surface area contributed by atoms with E-state index in [2.05, 4.69) is 10.1 Å². The van der Waals surface area contributed by atoms with Crippen molar-refractivity contribution >= 4 is 32.5 Å². The van der Waals surface area contributed by atoms with Crippen molar-refractivity contribution in [3.05, 3.63) is 70.8 Å². The highest BCUT2D eigenvalue weighted by atomic mass is 35.5. The van der Waals surface area contributed by atoms with Crippen molar-refractivity contribution < 1.29 is 13.2 Å². The van der Waals surface area contributed by atoms with Crippen molar-refractivity contribution in [3.8, 4) is 17.0 Å². The highest BCUT2D eigenvalue weighted by molar-refractivity contribution is 7.89. The lowest BCUT2D eigenvalue weighted by Crippen LogP contribution is -2.28. The summed E-state index contributed by atoms with van der Waals surface area (Å²) >= 11 is 6.45. The minimum atomic E-state index is -3.35. The lowest BCUT2D eigenvalue weighted by molar-refractivity contribution is 0.306. The first-order valence-electron chi connectivity index (χ1n) is 10.8. The summed E-state index contributed by atoms with van der Waals surface area (Å²) in [6.45, 7) is 3.85. The van der Waals surface area contributed by atoms with Gasteiger partial charge < -0.3 is 4.74 Å². The van der Waals surface area contributed by atoms with Crippen LogP contribution < -0.4 is 4.74 Å². The predicted octanol–water partition coefficient (Wildman–Crippen LogP) is 4.35. The highest BCUT2D eigenvalue weighted by Crippen LogP contribution is 2.33. The maximum Gasteiger partial charge on any atom is 0.213 e. The molecular weight excluding hydrogens is 474 g/mol. The van der Waals surface area contributed by atoms with E-state index in [4.69, 9.17) is 21.3 Å². The number of rotatable bonds is 8. The number of nitrogens with zero attached hydrogens (tertiary/aromatic N) is 5. The third-order valence-corrected chi connectivity index (χ3v) is 7.86. The van der Waals surface area contributed by atoms with Gasteiger partial charge in [-0.1, -0.05) is 23.7 Å². The summed E-state index contributed by atoms with van der Waals surface area (Å²) in [5.74, 6) is 0.626. The number of ether oxygens (including phenoxy) is 1. The van der Waals surface area contributed by atoms with Crippen LogP contribution in [0.15, 0.2) is 48.9 Å². The van der Waals surface area contributed by atoms with Gasteiger partial charge in [0.25, 0.3) is 0 Å². The zero-order chi connectivity index (χ0) is 24.5. The Morgan fingerprint density at radius 2 is 2.00 bits per heavy atom. The molecule has 0 fully saturated rings. The molecule has 0 N–H and O–H groups in total. The van der Waals surface area contributed by atoms with E-state index in [1.807, 2.05) is 49.0 Å². The molecule has 8 nitrogen and oxygen atoms in total. The molecule has 0 aliphatic carbocycles. The second-order valence-electron chi connectivity index (χ2n) is 8.01. The van der Waals surface area contributed by atoms with E-state index in [1.54, 1.807) is 26.4 Å². The number of aromatic nitrogens is 4. The maximum atomic E-state index is 12.2. The molecule has 0 amide bonds. The fourth-order valence-electron chi connectivity index (χ4n) is 3.83. The standard InChI is InChI=1S/C24H26ClN5O3S/c1-5-34(31,32)29(3)14-17-12-26-13-21(25)20(17)15-33-23-8-6-7-18-19(11-16(2)28-24(18)23)22-9-10-27-30(22)4/h6-13H,5,14-15H2,1-4H3. The van der Waals surface area contributed by atoms with Crippen LogP contribution in [-0.2, 0) is 30.2 Å². The van der Waals surface area contributed by atoms with Crippen molar-refractivity contribution in [2.45, 2.75) is 27.0 Å². The van der Waals surface area contributed by atoms with E-state index < -0.39 is 10.0 Å². The Kier molecular flexibility index (Phi) is 6.88. The average molecular weight is 500 g/mol. The number of pyridine rings is 2. The molecule has 34 heavy (non-hydrogen) atoms. The second-order valence-corrected chi connectivity index (χ2v) is 10.8. The van der Waals surface area contributed by atoms with Crippen LogP contribution in [0.3, 0.4) is 0 Å². The monoisotopic (exact) mass is 499 g/mol. The third-order valence-electron chi connectivity index (χ3n) is 5.73. The molecule has 0 spiro atoms. The van der Waals surface area contributed by atoms with Crippen molar-refractivity contribution in [1.29, 1.82) is 0 Å². The van der Waals surface area contributed by atoms with Crippen molar-refractivity contribution in [1.82, 2.24) is 24.1 Å². The van der Waals surface area contributed by atoms with Crippen LogP contribution in [-0.4, -0.2) is 45.3 Å². The Labute approximate surface area is 204 Å². The van der Waals surface area contributed by atoms with Gasteiger partial charge in [0.1, 0.15) is 17.9 Å². The minimum Gasteiger partial charge on any atom is -0.487 e. The molecular formula is C24H26ClN5O3S. The van der Waals surface area contributed by atoms with Crippen molar-refractivity contribution in [3.63, 3.8) is 0 Å². The maximum absolute atomic E-state index is 12.2. The SMILES string of the molecule is CCS(=O)(=O)N(C)Cc1cncc(Cl)c1COc1cccc2c(-c3ccnn3C)cc(C)nc12. The zero-order valence-electron chi connectivity index (χ0n) is 19.5. The fourth-order valence-corrected chi connectivity index (χ4v) is 4.83. The van der Waals surface area contributed by atoms with Gasteiger partial charge in [-0.2, -0.15) is 5.10 Å². The Balaban J connectivity index is 1.69. The van der Waals surface area contributed by atoms with Gasteiger partial charge in [0.05, 0.1) is 16.5 Å². The fraction of sp³-hybridized carbons (Fsp3) is 0.292. The first kappa shape index (κ1) is 24.1. The van der Waals surface area contributed by atoms with Gasteiger partial charge in [0.15, 0.2) is 0 Å². The number of fused-ring (bicyclic) bond motifs is 1. The Hall–Kier alpha value is -3.01. The largest absolute Gasteiger partial charge is 0.487 e. The first-order chi connectivity index (χ1) is 16.2. The molecule has 0 bridgehead atoms. The molecule has 178 valence electrons. The second kappa shape index (κ2) is 9.69. The molecule has 4 aromatic rings. The molecule has 4 rings (SSSR count). The summed E-state index contributed by atoms with van der Waals surface area (Å²) in [6, 6.07) is 9.79. The van der Waals surface area contributed by atoms with Gasteiger partial charge in [0, 0.05) is 61.4 Å². The van der Waals surface area contributed by atoms with E-state index in [9.17, 15) is 8.42 Å². The number of hydrogen-bond donors (Lipinski definition) is 0. The Morgan fingerprint density at radius 1 is 1.21 bits per heavy atom. The zero-order valence-corrected chi connectivity index (χ0v) is 21.1. The summed E-state index contributed by atoms with van der Waals surface area (Å²) < 4.78 is 33.8. The molecule has 10 heteroatoms. The van der Waals surface area contributed by atoms with E-state index in [1.165, 1.54) is 10.5 Å². The number of aryl methyl sites for hydroxylation is 2. The topological polar surface area (TPSA) is 90.2 Å². The molecule has 0 aliphatic rings. The number of sulfonamides is 1. The van der Waals surface area contributed by atoms with E-state index in [-0.39, 0.29) is 18.9 Å². The van der Waals surface area contributed by atoms with Gasteiger partial charge in [-0.3, -0.25) is 9.67 Å². The van der Waals surface area contributed by atoms with E-state index in [0.29, 0.717) is 21.9 Å². The van der Waals surface area contributed by atoms with Gasteiger partial charge in [0.2, 0.25) is 10.0 Å². The Bertz CT molecular complexity index is 1450. The number of para-hydroxylation sites is 1. The summed E-state index contributed by atoms with van der Waals surface area (Å²) in [5, 5.41) is 5.65. The lowest BCUT2D eigenvalue weighted by atomic mass is 10.0. The van der Waals surface area contributed by atoms with Crippen LogP contribution in [0.2, 0.25) is 5.02 Å². The molecule has 0 unspecified atom stereocenters. The first-order valence-corrected chi connectivity index (χ1v) is 12.8. The summed E-state index contributed by atoms with van der Waals surface area (Å²) in [5.41, 5.74) is 4.96. The van der Waals surface area contributed by atoms with Crippen LogP contribution in [0.1, 0.15) is 23.7 Å². The molecule has 0 saturated heterocycles. The van der Waals surface area contributed by atoms with Gasteiger partial charge >= 0.3 is 0 Å². The third kappa shape index (κ3) is 4.77. The van der Waals surface area contributed by atoms with Crippen LogP contribution in [0, 0.1) is 6.92 Å². The van der Waals surface area contributed by atoms with Gasteiger partial charge in [-0.15, -0.1) is 0 Å². The van der Waals surface area contributed by atoms with Gasteiger partial charge in [-0.05, 0) is 37.6 Å². The Morgan fingerprint density at radius 3 is 2.71 bits per heavy atom. The molecule has 3 aromatic heterocycles. The molecule has 0 aliphatic heterocycles. The van der Waals surface area contributed by atoms with Crippen LogP contribution in [0.5, 0.6) is 5.75 Å². The van der Waals surface area contributed by atoms with Gasteiger partial charge in [-0.25, -0.2) is 17.7 Å². The van der Waals surface area contributed by atoms with Crippen molar-refractivity contribution in [2.24, 2.45) is 7.05 Å². The normalized spacial score (nSPS) is 11.9. The summed E-state index contributed by atoms with van der Waals surface area (Å²) in [6.07, 6.45) is 4.92. The number of benzene rings is 1. The smallest absolute Gasteiger partial charge is 0.213 e. The van der Waals surface area contributed by atoms with Crippen LogP contribution in [0.25, 0.3) is 22.2 Å². The lowest BCUT2D eigenvalue weighted by Gasteiger charge is -2.19. The predicted molar refractivity (Wildman–Crippen MR) is 133 cm³/mol.